The highest BCUT2D eigenvalue weighted by molar-refractivity contribution is 9.10. The van der Waals surface area contributed by atoms with E-state index in [0.29, 0.717) is 15.3 Å². The molecule has 1 fully saturated rings. The van der Waals surface area contributed by atoms with E-state index < -0.39 is 10.0 Å². The molecule has 108 valence electrons. The van der Waals surface area contributed by atoms with Gasteiger partial charge in [-0.1, -0.05) is 13.8 Å². The first-order chi connectivity index (χ1) is 8.79. The van der Waals surface area contributed by atoms with Crippen LogP contribution < -0.4 is 4.72 Å². The lowest BCUT2D eigenvalue weighted by molar-refractivity contribution is -0.108. The van der Waals surface area contributed by atoms with Crippen molar-refractivity contribution in [1.29, 1.82) is 0 Å². The molecule has 2 atom stereocenters. The third-order valence-corrected chi connectivity index (χ3v) is 7.81. The van der Waals surface area contributed by atoms with Crippen molar-refractivity contribution >= 4 is 37.3 Å². The summed E-state index contributed by atoms with van der Waals surface area (Å²) < 4.78 is 33.9. The molecule has 0 amide bonds. The van der Waals surface area contributed by atoms with Gasteiger partial charge in [0, 0.05) is 22.5 Å². The van der Waals surface area contributed by atoms with Gasteiger partial charge in [0.25, 0.3) is 10.0 Å². The minimum atomic E-state index is -3.45. The van der Waals surface area contributed by atoms with Crippen LogP contribution in [0.3, 0.4) is 0 Å². The molecule has 1 saturated carbocycles. The van der Waals surface area contributed by atoms with E-state index in [0.717, 1.165) is 6.42 Å². The molecule has 1 aromatic heterocycles. The van der Waals surface area contributed by atoms with Gasteiger partial charge in [-0.05, 0) is 40.7 Å². The molecule has 0 saturated heterocycles. The zero-order valence-corrected chi connectivity index (χ0v) is 14.4. The lowest BCUT2D eigenvalue weighted by Crippen LogP contribution is -2.61. The molecule has 0 radical (unpaired) electrons. The fourth-order valence-corrected chi connectivity index (χ4v) is 6.04. The lowest BCUT2D eigenvalue weighted by Gasteiger charge is -2.51. The zero-order chi connectivity index (χ0) is 14.3. The van der Waals surface area contributed by atoms with Crippen molar-refractivity contribution in [3.8, 4) is 0 Å². The highest BCUT2D eigenvalue weighted by atomic mass is 79.9. The highest BCUT2D eigenvalue weighted by Gasteiger charge is 2.50. The summed E-state index contributed by atoms with van der Waals surface area (Å²) in [5, 5.41) is 1.76. The van der Waals surface area contributed by atoms with Crippen LogP contribution in [0.5, 0.6) is 0 Å². The molecule has 1 aliphatic carbocycles. The van der Waals surface area contributed by atoms with Gasteiger partial charge in [0.15, 0.2) is 0 Å². The molecule has 0 aromatic carbocycles. The number of nitrogens with one attached hydrogen (secondary N) is 1. The second-order valence-corrected chi connectivity index (χ2v) is 8.91. The summed E-state index contributed by atoms with van der Waals surface area (Å²) >= 11 is 4.48. The largest absolute Gasteiger partial charge is 0.378 e. The summed E-state index contributed by atoms with van der Waals surface area (Å²) in [6, 6.07) is 1.66. The lowest BCUT2D eigenvalue weighted by atomic mass is 9.65. The highest BCUT2D eigenvalue weighted by Crippen LogP contribution is 2.43. The zero-order valence-electron chi connectivity index (χ0n) is 11.1. The van der Waals surface area contributed by atoms with Crippen LogP contribution in [-0.2, 0) is 14.8 Å². The van der Waals surface area contributed by atoms with Gasteiger partial charge < -0.3 is 4.74 Å². The first-order valence-electron chi connectivity index (χ1n) is 6.16. The van der Waals surface area contributed by atoms with Gasteiger partial charge in [-0.25, -0.2) is 13.1 Å². The second kappa shape index (κ2) is 5.44. The van der Waals surface area contributed by atoms with E-state index in [2.05, 4.69) is 20.7 Å². The normalized spacial score (nSPS) is 26.1. The van der Waals surface area contributed by atoms with Gasteiger partial charge in [-0.3, -0.25) is 0 Å². The number of hydrogen-bond acceptors (Lipinski definition) is 4. The van der Waals surface area contributed by atoms with Gasteiger partial charge in [0.2, 0.25) is 0 Å². The van der Waals surface area contributed by atoms with Crippen LogP contribution in [-0.4, -0.2) is 27.2 Å². The van der Waals surface area contributed by atoms with Gasteiger partial charge >= 0.3 is 0 Å². The summed E-state index contributed by atoms with van der Waals surface area (Å²) in [5.74, 6) is 0. The van der Waals surface area contributed by atoms with E-state index in [-0.39, 0.29) is 17.6 Å². The molecule has 7 heteroatoms. The predicted octanol–water partition coefficient (Wildman–Crippen LogP) is 2.99. The molecule has 4 nitrogen and oxygen atoms in total. The molecule has 1 aliphatic rings. The van der Waals surface area contributed by atoms with Crippen LogP contribution in [0.2, 0.25) is 0 Å². The van der Waals surface area contributed by atoms with Crippen molar-refractivity contribution in [1.82, 2.24) is 4.72 Å². The number of thiophene rings is 1. The molecule has 19 heavy (non-hydrogen) atoms. The molecular formula is C12H18BrNO3S2. The molecule has 0 bridgehead atoms. The Labute approximate surface area is 126 Å². The molecule has 1 heterocycles. The van der Waals surface area contributed by atoms with E-state index in [1.165, 1.54) is 11.3 Å². The topological polar surface area (TPSA) is 55.4 Å². The Hall–Kier alpha value is 0.0500. The maximum Gasteiger partial charge on any atom is 0.251 e. The van der Waals surface area contributed by atoms with Crippen LogP contribution in [0.25, 0.3) is 0 Å². The van der Waals surface area contributed by atoms with Crippen molar-refractivity contribution in [2.45, 2.75) is 43.5 Å². The average molecular weight is 368 g/mol. The maximum absolute atomic E-state index is 12.3. The second-order valence-electron chi connectivity index (χ2n) is 5.23. The molecule has 2 unspecified atom stereocenters. The van der Waals surface area contributed by atoms with Crippen LogP contribution in [0, 0.1) is 5.41 Å². The number of hydrogen-bond donors (Lipinski definition) is 1. The van der Waals surface area contributed by atoms with E-state index in [1.807, 2.05) is 20.8 Å². The number of ether oxygens (including phenoxy) is 1. The van der Waals surface area contributed by atoms with Crippen molar-refractivity contribution in [3.63, 3.8) is 0 Å². The molecular weight excluding hydrogens is 350 g/mol. The number of sulfonamides is 1. The molecule has 0 aliphatic heterocycles. The van der Waals surface area contributed by atoms with E-state index >= 15 is 0 Å². The Bertz CT molecular complexity index is 553. The summed E-state index contributed by atoms with van der Waals surface area (Å²) in [7, 11) is -3.45. The molecule has 0 spiro atoms. The third-order valence-electron chi connectivity index (χ3n) is 3.67. The van der Waals surface area contributed by atoms with Crippen molar-refractivity contribution in [2.24, 2.45) is 5.41 Å². The summed E-state index contributed by atoms with van der Waals surface area (Å²) in [6.07, 6.45) is 0.847. The quantitative estimate of drug-likeness (QED) is 0.869. The molecule has 1 N–H and O–H groups in total. The summed E-state index contributed by atoms with van der Waals surface area (Å²) in [4.78, 5) is 0. The molecule has 1 aromatic rings. The minimum absolute atomic E-state index is 0.0805. The third kappa shape index (κ3) is 2.90. The fourth-order valence-electron chi connectivity index (χ4n) is 2.28. The van der Waals surface area contributed by atoms with Crippen molar-refractivity contribution < 1.29 is 13.2 Å². The van der Waals surface area contributed by atoms with E-state index in [9.17, 15) is 8.42 Å². The number of rotatable bonds is 5. The average Bonchev–Trinajstić information content (AvgIpc) is 2.75. The first-order valence-corrected chi connectivity index (χ1v) is 9.31. The van der Waals surface area contributed by atoms with Gasteiger partial charge in [-0.2, -0.15) is 0 Å². The summed E-state index contributed by atoms with van der Waals surface area (Å²) in [6.45, 7) is 6.68. The summed E-state index contributed by atoms with van der Waals surface area (Å²) in [5.41, 5.74) is -0.174. The predicted molar refractivity (Wildman–Crippen MR) is 79.9 cm³/mol. The first kappa shape index (κ1) is 15.4. The van der Waals surface area contributed by atoms with Crippen molar-refractivity contribution in [3.05, 3.63) is 15.9 Å². The Morgan fingerprint density at radius 3 is 2.74 bits per heavy atom. The van der Waals surface area contributed by atoms with Crippen LogP contribution in [0.4, 0.5) is 0 Å². The smallest absolute Gasteiger partial charge is 0.251 e. The van der Waals surface area contributed by atoms with Crippen LogP contribution >= 0.6 is 27.3 Å². The Kier molecular flexibility index (Phi) is 4.42. The Morgan fingerprint density at radius 2 is 2.26 bits per heavy atom. The standard InChI is InChI=1S/C12H18BrNO3S2/c1-4-17-10-7-9(12(10,2)3)14-19(15,16)11-8(13)5-6-18-11/h5-6,9-10,14H,4,7H2,1-3H3. The molecule has 2 rings (SSSR count). The SMILES string of the molecule is CCOC1CC(NS(=O)(=O)c2sccc2Br)C1(C)C. The van der Waals surface area contributed by atoms with Crippen LogP contribution in [0.1, 0.15) is 27.2 Å². The van der Waals surface area contributed by atoms with Crippen LogP contribution in [0.15, 0.2) is 20.1 Å². The monoisotopic (exact) mass is 367 g/mol. The van der Waals surface area contributed by atoms with Gasteiger partial charge in [0.05, 0.1) is 6.10 Å². The fraction of sp³-hybridized carbons (Fsp3) is 0.667. The maximum atomic E-state index is 12.3. The van der Waals surface area contributed by atoms with E-state index in [1.54, 1.807) is 11.4 Å². The Balaban J connectivity index is 2.10. The van der Waals surface area contributed by atoms with E-state index in [4.69, 9.17) is 4.74 Å². The Morgan fingerprint density at radius 1 is 1.58 bits per heavy atom. The minimum Gasteiger partial charge on any atom is -0.378 e. The van der Waals surface area contributed by atoms with Gasteiger partial charge in [-0.15, -0.1) is 11.3 Å². The number of halogens is 1. The van der Waals surface area contributed by atoms with Gasteiger partial charge in [0.1, 0.15) is 4.21 Å². The van der Waals surface area contributed by atoms with Crippen molar-refractivity contribution in [2.75, 3.05) is 6.61 Å².